The van der Waals surface area contributed by atoms with Gasteiger partial charge in [-0.1, -0.05) is 35.5 Å². The van der Waals surface area contributed by atoms with Crippen molar-refractivity contribution >= 4 is 63.5 Å². The fourth-order valence-corrected chi connectivity index (χ4v) is 4.42. The number of halogens is 3. The fraction of sp³-hybridized carbons (Fsp3) is 0.148. The molecule has 38 heavy (non-hydrogen) atoms. The Labute approximate surface area is 227 Å². The number of rotatable bonds is 8. The Morgan fingerprint density at radius 3 is 2.34 bits per heavy atom. The van der Waals surface area contributed by atoms with Crippen molar-refractivity contribution in [2.45, 2.75) is 6.61 Å². The molecule has 0 radical (unpaired) electrons. The van der Waals surface area contributed by atoms with Crippen LogP contribution in [0.5, 0.6) is 5.75 Å². The monoisotopic (exact) mass is 556 g/mol. The molecule has 0 bridgehead atoms. The molecule has 0 saturated heterocycles. The van der Waals surface area contributed by atoms with Crippen molar-refractivity contribution in [2.24, 2.45) is 4.99 Å². The molecule has 11 heteroatoms. The van der Waals surface area contributed by atoms with E-state index in [4.69, 9.17) is 11.6 Å². The van der Waals surface area contributed by atoms with Crippen molar-refractivity contribution < 1.29 is 23.1 Å². The van der Waals surface area contributed by atoms with Gasteiger partial charge in [-0.15, -0.1) is 0 Å². The predicted octanol–water partition coefficient (Wildman–Crippen LogP) is 6.12. The van der Waals surface area contributed by atoms with E-state index in [1.54, 1.807) is 30.3 Å². The van der Waals surface area contributed by atoms with Crippen molar-refractivity contribution in [3.8, 4) is 5.75 Å². The number of thioether (sulfide) groups is 1. The first-order valence-corrected chi connectivity index (χ1v) is 12.7. The maximum absolute atomic E-state index is 13.4. The smallest absolute Gasteiger partial charge is 0.387 e. The first-order chi connectivity index (χ1) is 18.2. The molecule has 0 aliphatic carbocycles. The summed E-state index contributed by atoms with van der Waals surface area (Å²) in [5.74, 6) is -0.780. The highest BCUT2D eigenvalue weighted by Gasteiger charge is 2.32. The van der Waals surface area contributed by atoms with Crippen LogP contribution in [0.4, 0.5) is 25.8 Å². The Morgan fingerprint density at radius 2 is 1.74 bits per heavy atom. The van der Waals surface area contributed by atoms with Crippen molar-refractivity contribution in [1.82, 2.24) is 0 Å². The molecule has 0 spiro atoms. The van der Waals surface area contributed by atoms with Gasteiger partial charge in [-0.2, -0.15) is 8.78 Å². The molecule has 0 saturated carbocycles. The Bertz CT molecular complexity index is 1360. The zero-order valence-corrected chi connectivity index (χ0v) is 22.0. The number of ether oxygens (including phenoxy) is 1. The highest BCUT2D eigenvalue weighted by Crippen LogP contribution is 2.31. The number of nitrogens with zero attached hydrogens (tertiary/aromatic N) is 3. The van der Waals surface area contributed by atoms with Gasteiger partial charge in [0.25, 0.3) is 5.91 Å². The maximum atomic E-state index is 13.4. The number of aliphatic imine (C=N–C) groups is 1. The van der Waals surface area contributed by atoms with Gasteiger partial charge in [0.1, 0.15) is 11.4 Å². The number of carbonyl (C=O) groups excluding carboxylic acids is 2. The minimum Gasteiger partial charge on any atom is -0.435 e. The molecule has 0 aromatic heterocycles. The Morgan fingerprint density at radius 1 is 1.08 bits per heavy atom. The molecule has 1 aliphatic heterocycles. The summed E-state index contributed by atoms with van der Waals surface area (Å²) in [5, 5.41) is 3.59. The van der Waals surface area contributed by atoms with Crippen LogP contribution in [-0.2, 0) is 9.59 Å². The Balaban J connectivity index is 1.57. The van der Waals surface area contributed by atoms with Crippen LogP contribution in [0.2, 0.25) is 5.02 Å². The summed E-state index contributed by atoms with van der Waals surface area (Å²) in [5.41, 5.74) is 2.93. The average Bonchev–Trinajstić information content (AvgIpc) is 3.19. The number of hydrogen-bond donors (Lipinski definition) is 1. The van der Waals surface area contributed by atoms with Crippen LogP contribution in [0.25, 0.3) is 6.08 Å². The lowest BCUT2D eigenvalue weighted by Crippen LogP contribution is -2.31. The van der Waals surface area contributed by atoms with Crippen LogP contribution in [0.15, 0.2) is 83.5 Å². The first-order valence-electron chi connectivity index (χ1n) is 11.3. The highest BCUT2D eigenvalue weighted by molar-refractivity contribution is 8.14. The van der Waals surface area contributed by atoms with E-state index < -0.39 is 12.5 Å². The van der Waals surface area contributed by atoms with Gasteiger partial charge in [0, 0.05) is 30.5 Å². The lowest BCUT2D eigenvalue weighted by atomic mass is 10.1. The Kier molecular flexibility index (Phi) is 8.65. The summed E-state index contributed by atoms with van der Waals surface area (Å²) >= 11 is 6.96. The molecule has 7 nitrogen and oxygen atoms in total. The van der Waals surface area contributed by atoms with Crippen LogP contribution >= 0.6 is 23.4 Å². The lowest BCUT2D eigenvalue weighted by molar-refractivity contribution is -0.114. The summed E-state index contributed by atoms with van der Waals surface area (Å²) < 4.78 is 29.5. The Hall–Kier alpha value is -3.89. The van der Waals surface area contributed by atoms with Gasteiger partial charge in [-0.3, -0.25) is 14.5 Å². The van der Waals surface area contributed by atoms with Gasteiger partial charge in [-0.05, 0) is 72.3 Å². The van der Waals surface area contributed by atoms with E-state index in [9.17, 15) is 18.4 Å². The molecule has 0 unspecified atom stereocenters. The molecule has 0 fully saturated rings. The number of nitrogens with one attached hydrogen (secondary N) is 1. The minimum absolute atomic E-state index is 0.0252. The summed E-state index contributed by atoms with van der Waals surface area (Å²) in [6.45, 7) is -2.96. The number of carbonyl (C=O) groups is 2. The van der Waals surface area contributed by atoms with Crippen LogP contribution in [0.1, 0.15) is 5.56 Å². The normalized spacial score (nSPS) is 14.2. The summed E-state index contributed by atoms with van der Waals surface area (Å²) in [6.07, 6.45) is 1.66. The second-order valence-corrected chi connectivity index (χ2v) is 9.65. The average molecular weight is 557 g/mol. The van der Waals surface area contributed by atoms with Crippen LogP contribution in [0, 0.1) is 0 Å². The highest BCUT2D eigenvalue weighted by atomic mass is 35.5. The molecule has 1 heterocycles. The molecular weight excluding hydrogens is 534 g/mol. The summed E-state index contributed by atoms with van der Waals surface area (Å²) in [6, 6.07) is 19.9. The molecule has 1 N–H and O–H groups in total. The van der Waals surface area contributed by atoms with Gasteiger partial charge < -0.3 is 15.0 Å². The number of amides is 2. The second-order valence-electron chi connectivity index (χ2n) is 8.27. The van der Waals surface area contributed by atoms with Gasteiger partial charge >= 0.3 is 6.61 Å². The van der Waals surface area contributed by atoms with Gasteiger partial charge in [-0.25, -0.2) is 4.99 Å². The number of alkyl halides is 2. The molecule has 196 valence electrons. The molecule has 4 rings (SSSR count). The number of anilines is 3. The quantitative estimate of drug-likeness (QED) is 0.338. The topological polar surface area (TPSA) is 74.2 Å². The molecular formula is C27H23ClF2N4O3S. The minimum atomic E-state index is -2.96. The van der Waals surface area contributed by atoms with E-state index in [0.29, 0.717) is 16.4 Å². The SMILES string of the molecule is CN(C)c1ccc(/C=C2\N=C(SCC(=O)Nc3ccc(Cl)cc3)N(c3ccc(OC(F)F)cc3)C2=O)cc1. The number of hydrogen-bond acceptors (Lipinski definition) is 6. The van der Waals surface area contributed by atoms with E-state index in [1.807, 2.05) is 43.3 Å². The van der Waals surface area contributed by atoms with Gasteiger partial charge in [0.15, 0.2) is 5.17 Å². The third-order valence-electron chi connectivity index (χ3n) is 5.32. The number of amidine groups is 1. The second kappa shape index (κ2) is 12.1. The standard InChI is InChI=1S/C27H23ClF2N4O3S/c1-33(2)20-9-3-17(4-10-20)15-23-25(36)34(21-11-13-22(14-12-21)37-26(29)30)27(32-23)38-16-24(35)31-19-7-5-18(28)6-8-19/h3-15,26H,16H2,1-2H3,(H,31,35)/b23-15-. The number of benzene rings is 3. The van der Waals surface area contributed by atoms with Crippen molar-refractivity contribution in [3.63, 3.8) is 0 Å². The predicted molar refractivity (Wildman–Crippen MR) is 149 cm³/mol. The van der Waals surface area contributed by atoms with Crippen LogP contribution in [-0.4, -0.2) is 43.4 Å². The van der Waals surface area contributed by atoms with E-state index >= 15 is 0 Å². The zero-order valence-electron chi connectivity index (χ0n) is 20.4. The van der Waals surface area contributed by atoms with Crippen molar-refractivity contribution in [2.75, 3.05) is 35.0 Å². The maximum Gasteiger partial charge on any atom is 0.387 e. The fourth-order valence-electron chi connectivity index (χ4n) is 3.48. The largest absolute Gasteiger partial charge is 0.435 e. The van der Waals surface area contributed by atoms with E-state index in [1.165, 1.54) is 29.2 Å². The third kappa shape index (κ3) is 6.90. The molecule has 3 aromatic carbocycles. The van der Waals surface area contributed by atoms with Crippen molar-refractivity contribution in [3.05, 3.63) is 89.1 Å². The first kappa shape index (κ1) is 27.2. The van der Waals surface area contributed by atoms with E-state index in [-0.39, 0.29) is 28.3 Å². The lowest BCUT2D eigenvalue weighted by Gasteiger charge is -2.18. The third-order valence-corrected chi connectivity index (χ3v) is 6.51. The van der Waals surface area contributed by atoms with Crippen LogP contribution in [0.3, 0.4) is 0 Å². The van der Waals surface area contributed by atoms with Gasteiger partial charge in [0.2, 0.25) is 5.91 Å². The van der Waals surface area contributed by atoms with Crippen LogP contribution < -0.4 is 19.9 Å². The zero-order chi connectivity index (χ0) is 27.2. The molecule has 3 aromatic rings. The molecule has 2 amide bonds. The van der Waals surface area contributed by atoms with E-state index in [0.717, 1.165) is 23.0 Å². The summed E-state index contributed by atoms with van der Waals surface area (Å²) in [7, 11) is 3.86. The van der Waals surface area contributed by atoms with Gasteiger partial charge in [0.05, 0.1) is 11.4 Å². The van der Waals surface area contributed by atoms with E-state index in [2.05, 4.69) is 15.0 Å². The van der Waals surface area contributed by atoms with Crippen molar-refractivity contribution in [1.29, 1.82) is 0 Å². The molecule has 0 atom stereocenters. The summed E-state index contributed by atoms with van der Waals surface area (Å²) in [4.78, 5) is 33.7. The molecule has 1 aliphatic rings.